The second-order valence-corrected chi connectivity index (χ2v) is 5.36. The summed E-state index contributed by atoms with van der Waals surface area (Å²) in [5.74, 6) is 0.611. The predicted octanol–water partition coefficient (Wildman–Crippen LogP) is 3.13. The SMILES string of the molecule is CCCCNC(=O)COc1ccc(Cl)cc1CNCCC. The number of carbonyl (C=O) groups is 1. The summed E-state index contributed by atoms with van der Waals surface area (Å²) in [4.78, 5) is 11.7. The second kappa shape index (κ2) is 10.5. The largest absolute Gasteiger partial charge is 0.483 e. The summed E-state index contributed by atoms with van der Waals surface area (Å²) in [5, 5.41) is 6.81. The highest BCUT2D eigenvalue weighted by atomic mass is 35.5. The van der Waals surface area contributed by atoms with E-state index in [1.54, 1.807) is 6.07 Å². The summed E-state index contributed by atoms with van der Waals surface area (Å²) in [7, 11) is 0. The number of halogens is 1. The molecule has 0 bridgehead atoms. The third-order valence-corrected chi connectivity index (χ3v) is 3.21. The maximum absolute atomic E-state index is 11.7. The van der Waals surface area contributed by atoms with Crippen molar-refractivity contribution in [3.63, 3.8) is 0 Å². The van der Waals surface area contributed by atoms with Crippen LogP contribution in [0.25, 0.3) is 0 Å². The van der Waals surface area contributed by atoms with E-state index in [2.05, 4.69) is 24.5 Å². The molecule has 0 heterocycles. The first-order valence-corrected chi connectivity index (χ1v) is 7.93. The molecule has 118 valence electrons. The molecule has 0 atom stereocenters. The molecule has 0 aliphatic carbocycles. The Morgan fingerprint density at radius 3 is 2.76 bits per heavy atom. The molecule has 0 aliphatic heterocycles. The van der Waals surface area contributed by atoms with Gasteiger partial charge in [-0.25, -0.2) is 0 Å². The molecule has 4 nitrogen and oxygen atoms in total. The second-order valence-electron chi connectivity index (χ2n) is 4.92. The highest BCUT2D eigenvalue weighted by Gasteiger charge is 2.07. The van der Waals surface area contributed by atoms with Crippen LogP contribution in [-0.4, -0.2) is 25.6 Å². The number of nitrogens with one attached hydrogen (secondary N) is 2. The molecule has 5 heteroatoms. The predicted molar refractivity (Wildman–Crippen MR) is 86.9 cm³/mol. The van der Waals surface area contributed by atoms with Crippen molar-refractivity contribution in [1.29, 1.82) is 0 Å². The molecule has 0 aromatic heterocycles. The zero-order valence-electron chi connectivity index (χ0n) is 12.9. The Morgan fingerprint density at radius 1 is 1.24 bits per heavy atom. The smallest absolute Gasteiger partial charge is 0.257 e. The molecular weight excluding hydrogens is 288 g/mol. The Labute approximate surface area is 132 Å². The Kier molecular flexibility index (Phi) is 8.87. The highest BCUT2D eigenvalue weighted by Crippen LogP contribution is 2.22. The fourth-order valence-corrected chi connectivity index (χ4v) is 2.02. The van der Waals surface area contributed by atoms with Crippen LogP contribution in [0, 0.1) is 0 Å². The monoisotopic (exact) mass is 312 g/mol. The Morgan fingerprint density at radius 2 is 2.05 bits per heavy atom. The Balaban J connectivity index is 2.50. The normalized spacial score (nSPS) is 10.4. The molecule has 1 aromatic carbocycles. The van der Waals surface area contributed by atoms with Gasteiger partial charge in [0.15, 0.2) is 6.61 Å². The van der Waals surface area contributed by atoms with Crippen molar-refractivity contribution in [3.05, 3.63) is 28.8 Å². The Hall–Kier alpha value is -1.26. The molecule has 0 saturated heterocycles. The van der Waals surface area contributed by atoms with Crippen LogP contribution in [-0.2, 0) is 11.3 Å². The van der Waals surface area contributed by atoms with Crippen LogP contribution in [0.3, 0.4) is 0 Å². The lowest BCUT2D eigenvalue weighted by Crippen LogP contribution is -2.29. The van der Waals surface area contributed by atoms with Crippen LogP contribution >= 0.6 is 11.6 Å². The van der Waals surface area contributed by atoms with Crippen molar-refractivity contribution < 1.29 is 9.53 Å². The summed E-state index contributed by atoms with van der Waals surface area (Å²) in [6.45, 7) is 6.55. The molecule has 21 heavy (non-hydrogen) atoms. The standard InChI is InChI=1S/C16H25ClN2O2/c1-3-5-9-19-16(20)12-21-15-7-6-14(17)10-13(15)11-18-8-4-2/h6-7,10,18H,3-5,8-9,11-12H2,1-2H3,(H,19,20). The summed E-state index contributed by atoms with van der Waals surface area (Å²) in [5.41, 5.74) is 0.970. The van der Waals surface area contributed by atoms with Crippen LogP contribution in [0.1, 0.15) is 38.7 Å². The first kappa shape index (κ1) is 17.8. The zero-order valence-corrected chi connectivity index (χ0v) is 13.6. The van der Waals surface area contributed by atoms with E-state index in [1.807, 2.05) is 12.1 Å². The van der Waals surface area contributed by atoms with Crippen molar-refractivity contribution in [2.45, 2.75) is 39.7 Å². The van der Waals surface area contributed by atoms with E-state index in [0.717, 1.165) is 31.4 Å². The number of rotatable bonds is 10. The lowest BCUT2D eigenvalue weighted by Gasteiger charge is -2.12. The fraction of sp³-hybridized carbons (Fsp3) is 0.562. The van der Waals surface area contributed by atoms with E-state index < -0.39 is 0 Å². The zero-order chi connectivity index (χ0) is 15.5. The molecule has 0 unspecified atom stereocenters. The fourth-order valence-electron chi connectivity index (χ4n) is 1.83. The summed E-state index contributed by atoms with van der Waals surface area (Å²) in [6.07, 6.45) is 3.11. The minimum absolute atomic E-state index is 0.0339. The van der Waals surface area contributed by atoms with Gasteiger partial charge < -0.3 is 15.4 Å². The third-order valence-electron chi connectivity index (χ3n) is 2.98. The average molecular weight is 313 g/mol. The molecule has 0 saturated carbocycles. The van der Waals surface area contributed by atoms with Crippen molar-refractivity contribution >= 4 is 17.5 Å². The van der Waals surface area contributed by atoms with Crippen LogP contribution in [0.2, 0.25) is 5.02 Å². The minimum Gasteiger partial charge on any atom is -0.483 e. The first-order valence-electron chi connectivity index (χ1n) is 7.56. The minimum atomic E-state index is -0.0918. The summed E-state index contributed by atoms with van der Waals surface area (Å²) in [6, 6.07) is 5.45. The number of hydrogen-bond acceptors (Lipinski definition) is 3. The molecule has 1 rings (SSSR count). The van der Waals surface area contributed by atoms with E-state index in [-0.39, 0.29) is 12.5 Å². The van der Waals surface area contributed by atoms with E-state index in [9.17, 15) is 4.79 Å². The number of hydrogen-bond donors (Lipinski definition) is 2. The van der Waals surface area contributed by atoms with Crippen LogP contribution in [0.4, 0.5) is 0 Å². The maximum atomic E-state index is 11.7. The molecule has 1 aromatic rings. The number of benzene rings is 1. The highest BCUT2D eigenvalue weighted by molar-refractivity contribution is 6.30. The lowest BCUT2D eigenvalue weighted by atomic mass is 10.2. The van der Waals surface area contributed by atoms with Crippen molar-refractivity contribution in [2.24, 2.45) is 0 Å². The topological polar surface area (TPSA) is 50.4 Å². The molecule has 2 N–H and O–H groups in total. The number of unbranched alkanes of at least 4 members (excludes halogenated alkanes) is 1. The van der Waals surface area contributed by atoms with Gasteiger partial charge in [-0.2, -0.15) is 0 Å². The van der Waals surface area contributed by atoms with E-state index in [1.165, 1.54) is 0 Å². The maximum Gasteiger partial charge on any atom is 0.257 e. The van der Waals surface area contributed by atoms with Crippen LogP contribution in [0.5, 0.6) is 5.75 Å². The van der Waals surface area contributed by atoms with Crippen LogP contribution < -0.4 is 15.4 Å². The Bertz CT molecular complexity index is 438. The third kappa shape index (κ3) is 7.34. The molecule has 0 fully saturated rings. The van der Waals surface area contributed by atoms with Crippen molar-refractivity contribution in [1.82, 2.24) is 10.6 Å². The van der Waals surface area contributed by atoms with Crippen molar-refractivity contribution in [2.75, 3.05) is 19.7 Å². The molecule has 0 aliphatic rings. The van der Waals surface area contributed by atoms with Crippen molar-refractivity contribution in [3.8, 4) is 5.75 Å². The average Bonchev–Trinajstić information content (AvgIpc) is 2.47. The number of amides is 1. The van der Waals surface area contributed by atoms with E-state index >= 15 is 0 Å². The van der Waals surface area contributed by atoms with Gasteiger partial charge in [-0.05, 0) is 37.6 Å². The number of ether oxygens (including phenoxy) is 1. The lowest BCUT2D eigenvalue weighted by molar-refractivity contribution is -0.123. The van der Waals surface area contributed by atoms with Gasteiger partial charge in [0.25, 0.3) is 5.91 Å². The first-order chi connectivity index (χ1) is 10.2. The van der Waals surface area contributed by atoms with Gasteiger partial charge in [-0.15, -0.1) is 0 Å². The summed E-state index contributed by atoms with van der Waals surface area (Å²) < 4.78 is 5.60. The molecule has 0 spiro atoms. The number of carbonyl (C=O) groups excluding carboxylic acids is 1. The van der Waals surface area contributed by atoms with Gasteiger partial charge >= 0.3 is 0 Å². The molecule has 0 radical (unpaired) electrons. The van der Waals surface area contributed by atoms with Gasteiger partial charge in [0.05, 0.1) is 0 Å². The van der Waals surface area contributed by atoms with Gasteiger partial charge in [0.2, 0.25) is 0 Å². The van der Waals surface area contributed by atoms with Gasteiger partial charge in [-0.1, -0.05) is 31.9 Å². The molecule has 1 amide bonds. The quantitative estimate of drug-likeness (QED) is 0.653. The van der Waals surface area contributed by atoms with Crippen LogP contribution in [0.15, 0.2) is 18.2 Å². The van der Waals surface area contributed by atoms with E-state index in [0.29, 0.717) is 23.9 Å². The van der Waals surface area contributed by atoms with E-state index in [4.69, 9.17) is 16.3 Å². The van der Waals surface area contributed by atoms with Gasteiger partial charge in [0, 0.05) is 23.7 Å². The summed E-state index contributed by atoms with van der Waals surface area (Å²) >= 11 is 6.01. The van der Waals surface area contributed by atoms with Gasteiger partial charge in [0.1, 0.15) is 5.75 Å². The molecular formula is C16H25ClN2O2. The van der Waals surface area contributed by atoms with Gasteiger partial charge in [-0.3, -0.25) is 4.79 Å².